The fourth-order valence-electron chi connectivity index (χ4n) is 8.66. The molecule has 0 saturated carbocycles. The summed E-state index contributed by atoms with van der Waals surface area (Å²) in [4.78, 5) is 38.0. The Bertz CT molecular complexity index is 964. The molecule has 0 fully saturated rings. The van der Waals surface area contributed by atoms with Gasteiger partial charge in [0.1, 0.15) is 13.2 Å². The molecule has 1 unspecified atom stereocenters. The zero-order valence-electron chi connectivity index (χ0n) is 43.2. The fraction of sp³-hybridized carbons (Fsp3) is 0.947. The molecule has 0 aliphatic carbocycles. The van der Waals surface area contributed by atoms with Crippen LogP contribution in [0.4, 0.5) is 0 Å². The predicted molar refractivity (Wildman–Crippen MR) is 270 cm³/mol. The Hall–Kier alpha value is -1.59. The molecule has 0 aliphatic heterocycles. The van der Waals surface area contributed by atoms with Gasteiger partial charge in [-0.25, -0.2) is 0 Å². The van der Waals surface area contributed by atoms with E-state index in [1.807, 2.05) is 0 Å². The highest BCUT2D eigenvalue weighted by atomic mass is 16.6. The lowest BCUT2D eigenvalue weighted by Crippen LogP contribution is -2.30. The van der Waals surface area contributed by atoms with Gasteiger partial charge in [-0.15, -0.1) is 0 Å². The third-order valence-electron chi connectivity index (χ3n) is 13.3. The molecule has 0 heterocycles. The number of carbonyl (C=O) groups is 3. The first-order chi connectivity index (χ1) is 30.8. The molecule has 6 heteroatoms. The highest BCUT2D eigenvalue weighted by molar-refractivity contribution is 5.71. The molecule has 0 spiro atoms. The quantitative estimate of drug-likeness (QED) is 0.0344. The minimum atomic E-state index is -0.762. The van der Waals surface area contributed by atoms with Crippen molar-refractivity contribution in [3.63, 3.8) is 0 Å². The van der Waals surface area contributed by atoms with E-state index >= 15 is 0 Å². The molecule has 0 radical (unpaired) electrons. The molecule has 0 aliphatic rings. The summed E-state index contributed by atoms with van der Waals surface area (Å²) in [6, 6.07) is 0. The summed E-state index contributed by atoms with van der Waals surface area (Å²) in [5.74, 6) is 0.883. The van der Waals surface area contributed by atoms with Gasteiger partial charge >= 0.3 is 17.9 Å². The van der Waals surface area contributed by atoms with Gasteiger partial charge in [0.25, 0.3) is 0 Å². The van der Waals surface area contributed by atoms with Crippen LogP contribution < -0.4 is 0 Å². The summed E-state index contributed by atoms with van der Waals surface area (Å²) in [6.07, 6.45) is 52.4. The largest absolute Gasteiger partial charge is 0.462 e. The standard InChI is InChI=1S/C57H110O6/c1-6-8-9-10-11-12-27-32-37-42-47-55(58)61-50-54(51-62-56(59)48-43-38-33-28-24-23-25-30-35-40-45-52(3)4)63-57(60)49-44-39-34-29-22-20-18-16-14-13-15-17-19-21-26-31-36-41-46-53(5)7-2/h52-54H,6-51H2,1-5H3/t53?,54-/m0/s1. The van der Waals surface area contributed by atoms with Crippen LogP contribution in [0.1, 0.15) is 317 Å². The van der Waals surface area contributed by atoms with E-state index in [-0.39, 0.29) is 31.1 Å². The first-order valence-electron chi connectivity index (χ1n) is 28.3. The molecule has 6 nitrogen and oxygen atoms in total. The van der Waals surface area contributed by atoms with Crippen LogP contribution in [-0.4, -0.2) is 37.2 Å². The molecule has 0 aromatic heterocycles. The van der Waals surface area contributed by atoms with Crippen molar-refractivity contribution < 1.29 is 28.6 Å². The third kappa shape index (κ3) is 49.7. The zero-order chi connectivity index (χ0) is 46.1. The van der Waals surface area contributed by atoms with E-state index in [9.17, 15) is 14.4 Å². The topological polar surface area (TPSA) is 78.9 Å². The summed E-state index contributed by atoms with van der Waals surface area (Å²) in [5, 5.41) is 0. The van der Waals surface area contributed by atoms with Gasteiger partial charge in [-0.2, -0.15) is 0 Å². The molecule has 2 atom stereocenters. The summed E-state index contributed by atoms with van der Waals surface area (Å²) < 4.78 is 16.8. The second kappa shape index (κ2) is 49.8. The van der Waals surface area contributed by atoms with E-state index < -0.39 is 6.10 Å². The number of carbonyl (C=O) groups excluding carboxylic acids is 3. The minimum absolute atomic E-state index is 0.0633. The Kier molecular flexibility index (Phi) is 48.6. The lowest BCUT2D eigenvalue weighted by atomic mass is 9.99. The van der Waals surface area contributed by atoms with Crippen molar-refractivity contribution in [2.75, 3.05) is 13.2 Å². The van der Waals surface area contributed by atoms with E-state index in [2.05, 4.69) is 34.6 Å². The van der Waals surface area contributed by atoms with Crippen molar-refractivity contribution in [1.82, 2.24) is 0 Å². The number of esters is 3. The predicted octanol–water partition coefficient (Wildman–Crippen LogP) is 18.5. The van der Waals surface area contributed by atoms with Gasteiger partial charge in [-0.3, -0.25) is 14.4 Å². The molecule has 0 amide bonds. The molecule has 0 aromatic rings. The van der Waals surface area contributed by atoms with Gasteiger partial charge in [-0.1, -0.05) is 279 Å². The lowest BCUT2D eigenvalue weighted by molar-refractivity contribution is -0.167. The van der Waals surface area contributed by atoms with Crippen molar-refractivity contribution in [1.29, 1.82) is 0 Å². The number of ether oxygens (including phenoxy) is 3. The van der Waals surface area contributed by atoms with Gasteiger partial charge in [0, 0.05) is 19.3 Å². The first-order valence-corrected chi connectivity index (χ1v) is 28.3. The Labute approximate surface area is 393 Å². The average Bonchev–Trinajstić information content (AvgIpc) is 3.27. The van der Waals surface area contributed by atoms with Crippen molar-refractivity contribution in [2.24, 2.45) is 11.8 Å². The highest BCUT2D eigenvalue weighted by Crippen LogP contribution is 2.18. The number of hydrogen-bond acceptors (Lipinski definition) is 6. The fourth-order valence-corrected chi connectivity index (χ4v) is 8.66. The third-order valence-corrected chi connectivity index (χ3v) is 13.3. The van der Waals surface area contributed by atoms with Gasteiger partial charge in [0.05, 0.1) is 0 Å². The van der Waals surface area contributed by atoms with Crippen LogP contribution >= 0.6 is 0 Å². The van der Waals surface area contributed by atoms with E-state index in [0.29, 0.717) is 19.3 Å². The molecule has 374 valence electrons. The maximum Gasteiger partial charge on any atom is 0.306 e. The second-order valence-corrected chi connectivity index (χ2v) is 20.3. The number of rotatable bonds is 51. The molecular formula is C57H110O6. The SMILES string of the molecule is CCCCCCCCCCCCC(=O)OC[C@@H](COC(=O)CCCCCCCCCCCCC(C)C)OC(=O)CCCCCCCCCCCCCCCCCCCCC(C)CC. The Morgan fingerprint density at radius 1 is 0.333 bits per heavy atom. The second-order valence-electron chi connectivity index (χ2n) is 20.3. The van der Waals surface area contributed by atoms with Crippen LogP contribution in [0.15, 0.2) is 0 Å². The maximum atomic E-state index is 12.8. The monoisotopic (exact) mass is 891 g/mol. The normalized spacial score (nSPS) is 12.5. The van der Waals surface area contributed by atoms with Crippen molar-refractivity contribution in [2.45, 2.75) is 323 Å². The van der Waals surface area contributed by atoms with E-state index in [4.69, 9.17) is 14.2 Å². The molecule has 0 aromatic carbocycles. The number of unbranched alkanes of at least 4 members (excludes halogenated alkanes) is 35. The van der Waals surface area contributed by atoms with Gasteiger partial charge in [-0.05, 0) is 31.1 Å². The molecule has 63 heavy (non-hydrogen) atoms. The van der Waals surface area contributed by atoms with Crippen molar-refractivity contribution in [3.05, 3.63) is 0 Å². The maximum absolute atomic E-state index is 12.8. The van der Waals surface area contributed by atoms with E-state index in [1.54, 1.807) is 0 Å². The van der Waals surface area contributed by atoms with Gasteiger partial charge in [0.2, 0.25) is 0 Å². The summed E-state index contributed by atoms with van der Waals surface area (Å²) in [6.45, 7) is 11.4. The summed E-state index contributed by atoms with van der Waals surface area (Å²) in [5.41, 5.74) is 0. The van der Waals surface area contributed by atoms with E-state index in [0.717, 1.165) is 69.6 Å². The van der Waals surface area contributed by atoms with Crippen molar-refractivity contribution in [3.8, 4) is 0 Å². The minimum Gasteiger partial charge on any atom is -0.462 e. The van der Waals surface area contributed by atoms with E-state index in [1.165, 1.54) is 205 Å². The van der Waals surface area contributed by atoms with Crippen LogP contribution in [0.25, 0.3) is 0 Å². The van der Waals surface area contributed by atoms with Crippen LogP contribution in [0.3, 0.4) is 0 Å². The van der Waals surface area contributed by atoms with Crippen LogP contribution in [0.2, 0.25) is 0 Å². The average molecular weight is 892 g/mol. The molecule has 0 saturated heterocycles. The van der Waals surface area contributed by atoms with Gasteiger partial charge in [0.15, 0.2) is 6.10 Å². The molecule has 0 bridgehead atoms. The molecule has 0 N–H and O–H groups in total. The van der Waals surface area contributed by atoms with Crippen LogP contribution in [0.5, 0.6) is 0 Å². The number of hydrogen-bond donors (Lipinski definition) is 0. The highest BCUT2D eigenvalue weighted by Gasteiger charge is 2.19. The smallest absolute Gasteiger partial charge is 0.306 e. The lowest BCUT2D eigenvalue weighted by Gasteiger charge is -2.18. The molecular weight excluding hydrogens is 781 g/mol. The zero-order valence-corrected chi connectivity index (χ0v) is 43.2. The molecule has 0 rings (SSSR count). The Morgan fingerprint density at radius 2 is 0.603 bits per heavy atom. The Morgan fingerprint density at radius 3 is 0.905 bits per heavy atom. The summed E-state index contributed by atoms with van der Waals surface area (Å²) >= 11 is 0. The van der Waals surface area contributed by atoms with Gasteiger partial charge < -0.3 is 14.2 Å². The van der Waals surface area contributed by atoms with Crippen molar-refractivity contribution >= 4 is 17.9 Å². The van der Waals surface area contributed by atoms with Crippen LogP contribution in [0, 0.1) is 11.8 Å². The first kappa shape index (κ1) is 61.4. The summed E-state index contributed by atoms with van der Waals surface area (Å²) in [7, 11) is 0. The Balaban J connectivity index is 4.21. The van der Waals surface area contributed by atoms with Crippen LogP contribution in [-0.2, 0) is 28.6 Å².